The Morgan fingerprint density at radius 3 is 2.79 bits per heavy atom. The average molecular weight is 266 g/mol. The van der Waals surface area contributed by atoms with E-state index in [4.69, 9.17) is 9.15 Å². The van der Waals surface area contributed by atoms with Crippen molar-refractivity contribution in [2.45, 2.75) is 32.4 Å². The molecule has 1 N–H and O–H groups in total. The maximum absolute atomic E-state index is 11.7. The highest BCUT2D eigenvalue weighted by molar-refractivity contribution is 5.77. The van der Waals surface area contributed by atoms with E-state index in [1.54, 1.807) is 7.11 Å². The number of methoxy groups -OCH3 is 1. The van der Waals surface area contributed by atoms with Gasteiger partial charge in [0.1, 0.15) is 18.1 Å². The summed E-state index contributed by atoms with van der Waals surface area (Å²) in [5.74, 6) is 2.00. The molecule has 1 saturated heterocycles. The first-order chi connectivity index (χ1) is 9.19. The maximum atomic E-state index is 11.7. The average Bonchev–Trinajstić information content (AvgIpc) is 2.83. The number of aryl methyl sites for hydroxylation is 1. The van der Waals surface area contributed by atoms with Gasteiger partial charge in [0.05, 0.1) is 6.54 Å². The lowest BCUT2D eigenvalue weighted by molar-refractivity contribution is -0.136. The van der Waals surface area contributed by atoms with E-state index in [1.165, 1.54) is 0 Å². The predicted molar refractivity (Wildman–Crippen MR) is 71.8 cm³/mol. The zero-order chi connectivity index (χ0) is 13.7. The fourth-order valence-corrected chi connectivity index (χ4v) is 2.37. The molecule has 0 bridgehead atoms. The molecule has 1 amide bonds. The topological polar surface area (TPSA) is 54.7 Å². The molecule has 0 unspecified atom stereocenters. The second-order valence-corrected chi connectivity index (χ2v) is 4.98. The van der Waals surface area contributed by atoms with Crippen molar-refractivity contribution in [2.75, 3.05) is 26.8 Å². The molecule has 2 heterocycles. The van der Waals surface area contributed by atoms with Gasteiger partial charge in [0.15, 0.2) is 0 Å². The highest BCUT2D eigenvalue weighted by Crippen LogP contribution is 2.12. The molecule has 5 nitrogen and oxygen atoms in total. The van der Waals surface area contributed by atoms with Crippen LogP contribution in [-0.4, -0.2) is 43.7 Å². The van der Waals surface area contributed by atoms with Gasteiger partial charge in [-0.2, -0.15) is 0 Å². The summed E-state index contributed by atoms with van der Waals surface area (Å²) in [6.07, 6.45) is 1.96. The number of ether oxygens (including phenoxy) is 1. The number of rotatable bonds is 5. The standard InChI is InChI=1S/C14H22N2O3/c1-11-3-4-13(19-11)9-15-12-5-7-16(8-6-12)14(17)10-18-2/h3-4,12,15H,5-10H2,1-2H3. The maximum Gasteiger partial charge on any atom is 0.248 e. The van der Waals surface area contributed by atoms with Gasteiger partial charge in [0.2, 0.25) is 5.91 Å². The number of carbonyl (C=O) groups is 1. The molecule has 1 aromatic heterocycles. The smallest absolute Gasteiger partial charge is 0.248 e. The van der Waals surface area contributed by atoms with E-state index < -0.39 is 0 Å². The van der Waals surface area contributed by atoms with Gasteiger partial charge >= 0.3 is 0 Å². The summed E-state index contributed by atoms with van der Waals surface area (Å²) in [5.41, 5.74) is 0. The van der Waals surface area contributed by atoms with Crippen molar-refractivity contribution < 1.29 is 13.9 Å². The summed E-state index contributed by atoms with van der Waals surface area (Å²) in [4.78, 5) is 13.5. The zero-order valence-corrected chi connectivity index (χ0v) is 11.6. The largest absolute Gasteiger partial charge is 0.465 e. The van der Waals surface area contributed by atoms with Crippen LogP contribution in [0, 0.1) is 6.92 Å². The van der Waals surface area contributed by atoms with Crippen LogP contribution < -0.4 is 5.32 Å². The SMILES string of the molecule is COCC(=O)N1CCC(NCc2ccc(C)o2)CC1. The van der Waals surface area contributed by atoms with Gasteiger partial charge in [-0.25, -0.2) is 0 Å². The Bertz CT molecular complexity index is 409. The van der Waals surface area contributed by atoms with Gasteiger partial charge < -0.3 is 19.4 Å². The Labute approximate surface area is 113 Å². The predicted octanol–water partition coefficient (Wildman–Crippen LogP) is 1.32. The number of furan rings is 1. The van der Waals surface area contributed by atoms with Crippen LogP contribution in [-0.2, 0) is 16.1 Å². The van der Waals surface area contributed by atoms with E-state index in [9.17, 15) is 4.79 Å². The van der Waals surface area contributed by atoms with Gasteiger partial charge in [-0.15, -0.1) is 0 Å². The van der Waals surface area contributed by atoms with Gasteiger partial charge in [-0.3, -0.25) is 4.79 Å². The summed E-state index contributed by atoms with van der Waals surface area (Å²) < 4.78 is 10.4. The number of hydrogen-bond donors (Lipinski definition) is 1. The molecule has 5 heteroatoms. The normalized spacial score (nSPS) is 16.8. The van der Waals surface area contributed by atoms with Crippen molar-refractivity contribution in [2.24, 2.45) is 0 Å². The molecule has 0 aliphatic carbocycles. The lowest BCUT2D eigenvalue weighted by Gasteiger charge is -2.32. The fraction of sp³-hybridized carbons (Fsp3) is 0.643. The van der Waals surface area contributed by atoms with E-state index >= 15 is 0 Å². The summed E-state index contributed by atoms with van der Waals surface area (Å²) in [6, 6.07) is 4.43. The van der Waals surface area contributed by atoms with Crippen LogP contribution in [0.15, 0.2) is 16.5 Å². The Morgan fingerprint density at radius 1 is 1.47 bits per heavy atom. The third-order valence-corrected chi connectivity index (χ3v) is 3.48. The van der Waals surface area contributed by atoms with E-state index in [1.807, 2.05) is 24.0 Å². The first-order valence-electron chi connectivity index (χ1n) is 6.74. The highest BCUT2D eigenvalue weighted by atomic mass is 16.5. The Hall–Kier alpha value is -1.33. The van der Waals surface area contributed by atoms with Crippen LogP contribution in [0.5, 0.6) is 0 Å². The molecule has 0 atom stereocenters. The minimum Gasteiger partial charge on any atom is -0.465 e. The molecule has 1 aliphatic rings. The molecule has 1 aromatic rings. The molecule has 1 aliphatic heterocycles. The van der Waals surface area contributed by atoms with E-state index in [0.29, 0.717) is 6.04 Å². The van der Waals surface area contributed by atoms with Crippen LogP contribution in [0.3, 0.4) is 0 Å². The zero-order valence-electron chi connectivity index (χ0n) is 11.6. The van der Waals surface area contributed by atoms with Gasteiger partial charge in [0, 0.05) is 26.2 Å². The molecule has 0 spiro atoms. The van der Waals surface area contributed by atoms with Gasteiger partial charge in [0.25, 0.3) is 0 Å². The minimum absolute atomic E-state index is 0.0857. The number of hydrogen-bond acceptors (Lipinski definition) is 4. The third-order valence-electron chi connectivity index (χ3n) is 3.48. The van der Waals surface area contributed by atoms with Crippen molar-refractivity contribution in [1.82, 2.24) is 10.2 Å². The molecule has 1 fully saturated rings. The summed E-state index contributed by atoms with van der Waals surface area (Å²) in [5, 5.41) is 3.48. The monoisotopic (exact) mass is 266 g/mol. The number of carbonyl (C=O) groups excluding carboxylic acids is 1. The molecule has 0 radical (unpaired) electrons. The minimum atomic E-state index is 0.0857. The Balaban J connectivity index is 1.70. The molecule has 106 valence electrons. The second kappa shape index (κ2) is 6.73. The second-order valence-electron chi connectivity index (χ2n) is 4.98. The molecule has 0 saturated carbocycles. The summed E-state index contributed by atoms with van der Waals surface area (Å²) >= 11 is 0. The fourth-order valence-electron chi connectivity index (χ4n) is 2.37. The number of piperidine rings is 1. The Kier molecular flexibility index (Phi) is 4.99. The molecular formula is C14H22N2O3. The van der Waals surface area contributed by atoms with Crippen molar-refractivity contribution >= 4 is 5.91 Å². The van der Waals surface area contributed by atoms with Crippen LogP contribution in [0.25, 0.3) is 0 Å². The van der Waals surface area contributed by atoms with Crippen LogP contribution in [0.4, 0.5) is 0 Å². The van der Waals surface area contributed by atoms with Crippen molar-refractivity contribution in [3.63, 3.8) is 0 Å². The van der Waals surface area contributed by atoms with Crippen molar-refractivity contribution in [3.8, 4) is 0 Å². The van der Waals surface area contributed by atoms with Crippen LogP contribution in [0.1, 0.15) is 24.4 Å². The number of nitrogens with one attached hydrogen (secondary N) is 1. The number of likely N-dealkylation sites (tertiary alicyclic amines) is 1. The van der Waals surface area contributed by atoms with Gasteiger partial charge in [-0.1, -0.05) is 0 Å². The molecular weight excluding hydrogens is 244 g/mol. The summed E-state index contributed by atoms with van der Waals surface area (Å²) in [7, 11) is 1.55. The lowest BCUT2D eigenvalue weighted by atomic mass is 10.0. The Morgan fingerprint density at radius 2 is 2.21 bits per heavy atom. The lowest BCUT2D eigenvalue weighted by Crippen LogP contribution is -2.45. The van der Waals surface area contributed by atoms with Crippen LogP contribution >= 0.6 is 0 Å². The van der Waals surface area contributed by atoms with Crippen molar-refractivity contribution in [1.29, 1.82) is 0 Å². The first kappa shape index (κ1) is 14.1. The number of amides is 1. The van der Waals surface area contributed by atoms with E-state index in [2.05, 4.69) is 5.32 Å². The highest BCUT2D eigenvalue weighted by Gasteiger charge is 2.22. The quantitative estimate of drug-likeness (QED) is 0.873. The first-order valence-corrected chi connectivity index (χ1v) is 6.74. The number of nitrogens with zero attached hydrogens (tertiary/aromatic N) is 1. The molecule has 19 heavy (non-hydrogen) atoms. The van der Waals surface area contributed by atoms with Gasteiger partial charge in [-0.05, 0) is 31.9 Å². The van der Waals surface area contributed by atoms with Crippen LogP contribution in [0.2, 0.25) is 0 Å². The molecule has 2 rings (SSSR count). The van der Waals surface area contributed by atoms with E-state index in [0.717, 1.165) is 44.0 Å². The van der Waals surface area contributed by atoms with Crippen molar-refractivity contribution in [3.05, 3.63) is 23.7 Å². The molecule has 0 aromatic carbocycles. The third kappa shape index (κ3) is 4.08. The summed E-state index contributed by atoms with van der Waals surface area (Å²) in [6.45, 7) is 4.49. The van der Waals surface area contributed by atoms with E-state index in [-0.39, 0.29) is 12.5 Å².